The van der Waals surface area contributed by atoms with Crippen LogP contribution in [0.2, 0.25) is 0 Å². The highest BCUT2D eigenvalue weighted by Gasteiger charge is 2.09. The molecule has 0 saturated carbocycles. The summed E-state index contributed by atoms with van der Waals surface area (Å²) in [6.07, 6.45) is 2.46. The first-order valence-electron chi connectivity index (χ1n) is 7.03. The molecule has 0 aliphatic heterocycles. The Morgan fingerprint density at radius 1 is 1.38 bits per heavy atom. The lowest BCUT2D eigenvalue weighted by atomic mass is 10.1. The number of nitrogens with zero attached hydrogens (tertiary/aromatic N) is 1. The van der Waals surface area contributed by atoms with E-state index in [2.05, 4.69) is 10.3 Å². The first-order chi connectivity index (χ1) is 10.2. The van der Waals surface area contributed by atoms with E-state index < -0.39 is 0 Å². The van der Waals surface area contributed by atoms with Gasteiger partial charge in [-0.3, -0.25) is 4.98 Å². The van der Waals surface area contributed by atoms with Gasteiger partial charge in [0.1, 0.15) is 0 Å². The van der Waals surface area contributed by atoms with Gasteiger partial charge in [-0.15, -0.1) is 11.6 Å². The van der Waals surface area contributed by atoms with Crippen molar-refractivity contribution in [1.29, 1.82) is 0 Å². The maximum atomic E-state index is 11.7. The fraction of sp³-hybridized carbons (Fsp3) is 0.375. The number of benzene rings is 1. The first kappa shape index (κ1) is 15.6. The van der Waals surface area contributed by atoms with Crippen LogP contribution in [0.1, 0.15) is 29.3 Å². The molecule has 112 valence electrons. The van der Waals surface area contributed by atoms with Crippen molar-refractivity contribution in [2.75, 3.05) is 24.3 Å². The molecule has 0 spiro atoms. The smallest absolute Gasteiger partial charge is 0.339 e. The van der Waals surface area contributed by atoms with Crippen LogP contribution in [0, 0.1) is 6.92 Å². The van der Waals surface area contributed by atoms with Gasteiger partial charge < -0.3 is 10.1 Å². The lowest BCUT2D eigenvalue weighted by Crippen LogP contribution is -2.06. The number of alkyl halides is 1. The second-order valence-corrected chi connectivity index (χ2v) is 5.15. The standard InChI is InChI=1S/C16H19ClN2O2/c1-3-21-16(20)13-8-12-7-11(2)14(18-6-4-5-17)9-15(12)19-10-13/h7-10,18H,3-6H2,1-2H3. The molecule has 0 amide bonds. The second-order valence-electron chi connectivity index (χ2n) is 4.77. The van der Waals surface area contributed by atoms with E-state index in [0.29, 0.717) is 18.1 Å². The van der Waals surface area contributed by atoms with Crippen LogP contribution < -0.4 is 5.32 Å². The Morgan fingerprint density at radius 2 is 2.19 bits per heavy atom. The van der Waals surface area contributed by atoms with Crippen molar-refractivity contribution in [3.63, 3.8) is 0 Å². The molecule has 5 heteroatoms. The van der Waals surface area contributed by atoms with Gasteiger partial charge in [-0.25, -0.2) is 4.79 Å². The monoisotopic (exact) mass is 306 g/mol. The lowest BCUT2D eigenvalue weighted by molar-refractivity contribution is 0.0526. The normalized spacial score (nSPS) is 10.6. The average Bonchev–Trinajstić information content (AvgIpc) is 2.47. The molecule has 0 atom stereocenters. The summed E-state index contributed by atoms with van der Waals surface area (Å²) < 4.78 is 4.99. The van der Waals surface area contributed by atoms with Crippen molar-refractivity contribution in [2.24, 2.45) is 0 Å². The predicted octanol–water partition coefficient (Wildman–Crippen LogP) is 3.76. The van der Waals surface area contributed by atoms with E-state index in [9.17, 15) is 4.79 Å². The molecule has 1 aromatic heterocycles. The number of carbonyl (C=O) groups is 1. The van der Waals surface area contributed by atoms with Gasteiger partial charge in [0, 0.05) is 29.7 Å². The first-order valence-corrected chi connectivity index (χ1v) is 7.56. The minimum Gasteiger partial charge on any atom is -0.462 e. The number of fused-ring (bicyclic) bond motifs is 1. The molecule has 1 N–H and O–H groups in total. The highest BCUT2D eigenvalue weighted by molar-refractivity contribution is 6.17. The third-order valence-corrected chi connectivity index (χ3v) is 3.43. The van der Waals surface area contributed by atoms with E-state index in [-0.39, 0.29) is 5.97 Å². The highest BCUT2D eigenvalue weighted by atomic mass is 35.5. The minimum atomic E-state index is -0.339. The number of aryl methyl sites for hydroxylation is 1. The van der Waals surface area contributed by atoms with Crippen molar-refractivity contribution >= 4 is 34.2 Å². The predicted molar refractivity (Wildman–Crippen MR) is 86.3 cm³/mol. The molecule has 0 bridgehead atoms. The molecule has 2 aromatic rings. The SMILES string of the molecule is CCOC(=O)c1cnc2cc(NCCCCl)c(C)cc2c1. The molecule has 1 aromatic carbocycles. The van der Waals surface area contributed by atoms with Crippen LogP contribution in [0.25, 0.3) is 10.9 Å². The third-order valence-electron chi connectivity index (χ3n) is 3.16. The van der Waals surface area contributed by atoms with Gasteiger partial charge in [0.25, 0.3) is 0 Å². The van der Waals surface area contributed by atoms with Gasteiger partial charge in [0.2, 0.25) is 0 Å². The van der Waals surface area contributed by atoms with E-state index in [1.54, 1.807) is 13.1 Å². The van der Waals surface area contributed by atoms with Crippen molar-refractivity contribution < 1.29 is 9.53 Å². The molecule has 1 heterocycles. The Bertz CT molecular complexity index is 643. The number of anilines is 1. The largest absolute Gasteiger partial charge is 0.462 e. The van der Waals surface area contributed by atoms with Crippen LogP contribution >= 0.6 is 11.6 Å². The Labute approximate surface area is 129 Å². The van der Waals surface area contributed by atoms with Crippen molar-refractivity contribution in [1.82, 2.24) is 4.98 Å². The number of hydrogen-bond acceptors (Lipinski definition) is 4. The summed E-state index contributed by atoms with van der Waals surface area (Å²) >= 11 is 5.68. The Kier molecular flexibility index (Phi) is 5.39. The van der Waals surface area contributed by atoms with Gasteiger partial charge in [0.05, 0.1) is 17.7 Å². The second kappa shape index (κ2) is 7.27. The minimum absolute atomic E-state index is 0.339. The fourth-order valence-electron chi connectivity index (χ4n) is 2.10. The van der Waals surface area contributed by atoms with Gasteiger partial charge in [-0.1, -0.05) is 0 Å². The molecule has 2 rings (SSSR count). The van der Waals surface area contributed by atoms with Crippen LogP contribution in [0.3, 0.4) is 0 Å². The van der Waals surface area contributed by atoms with E-state index in [4.69, 9.17) is 16.3 Å². The number of pyridine rings is 1. The Balaban J connectivity index is 2.28. The zero-order valence-corrected chi connectivity index (χ0v) is 13.0. The zero-order chi connectivity index (χ0) is 15.2. The van der Waals surface area contributed by atoms with Crippen molar-refractivity contribution in [2.45, 2.75) is 20.3 Å². The lowest BCUT2D eigenvalue weighted by Gasteiger charge is -2.11. The quantitative estimate of drug-likeness (QED) is 0.501. The summed E-state index contributed by atoms with van der Waals surface area (Å²) in [6, 6.07) is 5.83. The van der Waals surface area contributed by atoms with Crippen LogP contribution in [0.15, 0.2) is 24.4 Å². The summed E-state index contributed by atoms with van der Waals surface area (Å²) in [4.78, 5) is 16.1. The van der Waals surface area contributed by atoms with Crippen LogP contribution in [0.5, 0.6) is 0 Å². The van der Waals surface area contributed by atoms with Crippen molar-refractivity contribution in [3.05, 3.63) is 35.5 Å². The van der Waals surface area contributed by atoms with E-state index in [1.165, 1.54) is 0 Å². The topological polar surface area (TPSA) is 51.2 Å². The number of rotatable bonds is 6. The number of ether oxygens (including phenoxy) is 1. The van der Waals surface area contributed by atoms with Gasteiger partial charge in [-0.2, -0.15) is 0 Å². The number of hydrogen-bond donors (Lipinski definition) is 1. The number of aromatic nitrogens is 1. The number of nitrogens with one attached hydrogen (secondary N) is 1. The molecular weight excluding hydrogens is 288 g/mol. The summed E-state index contributed by atoms with van der Waals surface area (Å²) in [7, 11) is 0. The zero-order valence-electron chi connectivity index (χ0n) is 12.3. The number of esters is 1. The average molecular weight is 307 g/mol. The van der Waals surface area contributed by atoms with Gasteiger partial charge in [-0.05, 0) is 44.0 Å². The highest BCUT2D eigenvalue weighted by Crippen LogP contribution is 2.23. The van der Waals surface area contributed by atoms with Gasteiger partial charge >= 0.3 is 5.97 Å². The molecule has 0 radical (unpaired) electrons. The molecule has 0 fully saturated rings. The van der Waals surface area contributed by atoms with Crippen molar-refractivity contribution in [3.8, 4) is 0 Å². The molecule has 0 aliphatic rings. The summed E-state index contributed by atoms with van der Waals surface area (Å²) in [5.74, 6) is 0.301. The maximum Gasteiger partial charge on any atom is 0.339 e. The van der Waals surface area contributed by atoms with E-state index in [0.717, 1.165) is 35.1 Å². The molecule has 21 heavy (non-hydrogen) atoms. The van der Waals surface area contributed by atoms with Gasteiger partial charge in [0.15, 0.2) is 0 Å². The van der Waals surface area contributed by atoms with Crippen LogP contribution in [-0.2, 0) is 4.74 Å². The number of halogens is 1. The Hall–Kier alpha value is -1.81. The molecule has 4 nitrogen and oxygen atoms in total. The third kappa shape index (κ3) is 3.85. The fourth-order valence-corrected chi connectivity index (χ4v) is 2.23. The Morgan fingerprint density at radius 3 is 2.90 bits per heavy atom. The molecule has 0 unspecified atom stereocenters. The van der Waals surface area contributed by atoms with Crippen LogP contribution in [0.4, 0.5) is 5.69 Å². The maximum absolute atomic E-state index is 11.7. The summed E-state index contributed by atoms with van der Waals surface area (Å²) in [5.41, 5.74) is 3.48. The molecule has 0 aliphatic carbocycles. The molecular formula is C16H19ClN2O2. The number of carbonyl (C=O) groups excluding carboxylic acids is 1. The molecule has 0 saturated heterocycles. The van der Waals surface area contributed by atoms with Crippen LogP contribution in [-0.4, -0.2) is 30.0 Å². The summed E-state index contributed by atoms with van der Waals surface area (Å²) in [6.45, 7) is 5.00. The summed E-state index contributed by atoms with van der Waals surface area (Å²) in [5, 5.41) is 4.28. The van der Waals surface area contributed by atoms with E-state index >= 15 is 0 Å². The van der Waals surface area contributed by atoms with E-state index in [1.807, 2.05) is 25.1 Å².